The van der Waals surface area contributed by atoms with Crippen LogP contribution in [0.15, 0.2) is 0 Å². The Hall–Kier alpha value is -1.63. The van der Waals surface area contributed by atoms with Gasteiger partial charge in [-0.15, -0.1) is 0 Å². The minimum Gasteiger partial charge on any atom is -0.464 e. The van der Waals surface area contributed by atoms with E-state index in [-0.39, 0.29) is 24.5 Å². The Balaban J connectivity index is 2.06. The number of hydrogen-bond donors (Lipinski definition) is 2. The van der Waals surface area contributed by atoms with Gasteiger partial charge in [-0.1, -0.05) is 0 Å². The number of likely N-dealkylation sites (tertiary alicyclic amines) is 1. The van der Waals surface area contributed by atoms with E-state index in [2.05, 4.69) is 5.32 Å². The molecule has 19 heavy (non-hydrogen) atoms. The van der Waals surface area contributed by atoms with Gasteiger partial charge in [-0.25, -0.2) is 4.79 Å². The SMILES string of the molecule is CCOC(=O)C(N)C(=O)N1CCCC2C(=O)NCC21. The Kier molecular flexibility index (Phi) is 4.04. The highest BCUT2D eigenvalue weighted by Gasteiger charge is 2.44. The van der Waals surface area contributed by atoms with Crippen molar-refractivity contribution in [2.24, 2.45) is 11.7 Å². The molecule has 106 valence electrons. The molecule has 2 saturated heterocycles. The number of fused-ring (bicyclic) bond motifs is 1. The summed E-state index contributed by atoms with van der Waals surface area (Å²) in [5, 5.41) is 2.75. The van der Waals surface area contributed by atoms with E-state index >= 15 is 0 Å². The molecule has 3 N–H and O–H groups in total. The van der Waals surface area contributed by atoms with Gasteiger partial charge < -0.3 is 20.7 Å². The lowest BCUT2D eigenvalue weighted by Crippen LogP contribution is -2.56. The first kappa shape index (κ1) is 13.8. The number of esters is 1. The summed E-state index contributed by atoms with van der Waals surface area (Å²) in [5.74, 6) is -1.36. The Morgan fingerprint density at radius 1 is 1.58 bits per heavy atom. The van der Waals surface area contributed by atoms with Gasteiger partial charge in [-0.3, -0.25) is 9.59 Å². The molecule has 0 spiro atoms. The summed E-state index contributed by atoms with van der Waals surface area (Å²) in [6.45, 7) is 2.81. The zero-order valence-corrected chi connectivity index (χ0v) is 10.9. The number of nitrogens with two attached hydrogens (primary N) is 1. The van der Waals surface area contributed by atoms with Crippen LogP contribution in [0.5, 0.6) is 0 Å². The normalized spacial score (nSPS) is 27.5. The molecule has 2 aliphatic rings. The average Bonchev–Trinajstić information content (AvgIpc) is 2.79. The van der Waals surface area contributed by atoms with E-state index in [0.717, 1.165) is 12.8 Å². The summed E-state index contributed by atoms with van der Waals surface area (Å²) in [5.41, 5.74) is 5.62. The first-order chi connectivity index (χ1) is 9.06. The van der Waals surface area contributed by atoms with Crippen LogP contribution in [0, 0.1) is 5.92 Å². The maximum atomic E-state index is 12.2. The van der Waals surface area contributed by atoms with Crippen molar-refractivity contribution in [2.75, 3.05) is 19.7 Å². The van der Waals surface area contributed by atoms with Gasteiger partial charge in [-0.05, 0) is 19.8 Å². The third-order valence-electron chi connectivity index (χ3n) is 3.69. The molecule has 2 fully saturated rings. The van der Waals surface area contributed by atoms with Crippen molar-refractivity contribution in [1.29, 1.82) is 0 Å². The zero-order chi connectivity index (χ0) is 14.0. The Bertz CT molecular complexity index is 398. The predicted octanol–water partition coefficient (Wildman–Crippen LogP) is -1.39. The Morgan fingerprint density at radius 2 is 2.32 bits per heavy atom. The quantitative estimate of drug-likeness (QED) is 0.485. The molecule has 2 heterocycles. The van der Waals surface area contributed by atoms with Gasteiger partial charge in [-0.2, -0.15) is 0 Å². The van der Waals surface area contributed by atoms with E-state index in [1.54, 1.807) is 11.8 Å². The number of nitrogens with one attached hydrogen (secondary N) is 1. The summed E-state index contributed by atoms with van der Waals surface area (Å²) >= 11 is 0. The number of rotatable bonds is 3. The van der Waals surface area contributed by atoms with Crippen molar-refractivity contribution in [3.63, 3.8) is 0 Å². The molecule has 0 saturated carbocycles. The molecular formula is C12H19N3O4. The van der Waals surface area contributed by atoms with Crippen molar-refractivity contribution >= 4 is 17.8 Å². The molecule has 7 nitrogen and oxygen atoms in total. The average molecular weight is 269 g/mol. The zero-order valence-electron chi connectivity index (χ0n) is 10.9. The highest BCUT2D eigenvalue weighted by atomic mass is 16.5. The van der Waals surface area contributed by atoms with Crippen molar-refractivity contribution < 1.29 is 19.1 Å². The standard InChI is InChI=1S/C12H19N3O4/c1-2-19-12(18)9(13)11(17)15-5-3-4-7-8(15)6-14-10(7)16/h7-9H,2-6,13H2,1H3,(H,14,16). The lowest BCUT2D eigenvalue weighted by Gasteiger charge is -2.36. The van der Waals surface area contributed by atoms with Gasteiger partial charge >= 0.3 is 5.97 Å². The predicted molar refractivity (Wildman–Crippen MR) is 65.8 cm³/mol. The lowest BCUT2D eigenvalue weighted by atomic mass is 9.91. The molecule has 3 unspecified atom stereocenters. The van der Waals surface area contributed by atoms with E-state index in [9.17, 15) is 14.4 Å². The lowest BCUT2D eigenvalue weighted by molar-refractivity contribution is -0.152. The molecular weight excluding hydrogens is 250 g/mol. The fourth-order valence-corrected chi connectivity index (χ4v) is 2.74. The Labute approximate surface area is 111 Å². The second kappa shape index (κ2) is 5.56. The molecule has 0 radical (unpaired) electrons. The number of amides is 2. The van der Waals surface area contributed by atoms with Crippen LogP contribution < -0.4 is 11.1 Å². The highest BCUT2D eigenvalue weighted by molar-refractivity contribution is 6.02. The highest BCUT2D eigenvalue weighted by Crippen LogP contribution is 2.27. The maximum absolute atomic E-state index is 12.2. The van der Waals surface area contributed by atoms with Gasteiger partial charge in [0.05, 0.1) is 18.6 Å². The van der Waals surface area contributed by atoms with Crippen molar-refractivity contribution in [3.8, 4) is 0 Å². The Morgan fingerprint density at radius 3 is 3.00 bits per heavy atom. The molecule has 2 rings (SSSR count). The number of carbonyl (C=O) groups excluding carboxylic acids is 3. The summed E-state index contributed by atoms with van der Waals surface area (Å²) in [4.78, 5) is 36.9. The first-order valence-electron chi connectivity index (χ1n) is 6.56. The fourth-order valence-electron chi connectivity index (χ4n) is 2.74. The summed E-state index contributed by atoms with van der Waals surface area (Å²) in [6.07, 6.45) is 1.52. The number of hydrogen-bond acceptors (Lipinski definition) is 5. The van der Waals surface area contributed by atoms with Crippen LogP contribution in [-0.4, -0.2) is 54.5 Å². The maximum Gasteiger partial charge on any atom is 0.332 e. The molecule has 3 atom stereocenters. The van der Waals surface area contributed by atoms with Crippen molar-refractivity contribution in [3.05, 3.63) is 0 Å². The molecule has 0 aliphatic carbocycles. The number of nitrogens with zero attached hydrogens (tertiary/aromatic N) is 1. The summed E-state index contributed by atoms with van der Waals surface area (Å²) in [6, 6.07) is -1.48. The minimum atomic E-state index is -1.30. The topological polar surface area (TPSA) is 102 Å². The van der Waals surface area contributed by atoms with Crippen LogP contribution in [0.3, 0.4) is 0 Å². The van der Waals surface area contributed by atoms with Gasteiger partial charge in [0, 0.05) is 13.1 Å². The number of carbonyl (C=O) groups is 3. The summed E-state index contributed by atoms with van der Waals surface area (Å²) < 4.78 is 4.75. The van der Waals surface area contributed by atoms with E-state index < -0.39 is 17.9 Å². The molecule has 2 aliphatic heterocycles. The smallest absolute Gasteiger partial charge is 0.332 e. The minimum absolute atomic E-state index is 0.0211. The molecule has 0 aromatic heterocycles. The van der Waals surface area contributed by atoms with E-state index in [1.165, 1.54) is 0 Å². The van der Waals surface area contributed by atoms with Gasteiger partial charge in [0.25, 0.3) is 5.91 Å². The van der Waals surface area contributed by atoms with E-state index in [0.29, 0.717) is 13.1 Å². The van der Waals surface area contributed by atoms with Crippen molar-refractivity contribution in [2.45, 2.75) is 31.8 Å². The van der Waals surface area contributed by atoms with E-state index in [4.69, 9.17) is 10.5 Å². The summed E-state index contributed by atoms with van der Waals surface area (Å²) in [7, 11) is 0. The molecule has 0 bridgehead atoms. The van der Waals surface area contributed by atoms with Crippen LogP contribution in [0.2, 0.25) is 0 Å². The third-order valence-corrected chi connectivity index (χ3v) is 3.69. The van der Waals surface area contributed by atoms with Gasteiger partial charge in [0.15, 0.2) is 6.04 Å². The number of ether oxygens (including phenoxy) is 1. The molecule has 7 heteroatoms. The van der Waals surface area contributed by atoms with Crippen molar-refractivity contribution in [1.82, 2.24) is 10.2 Å². The van der Waals surface area contributed by atoms with Crippen LogP contribution in [-0.2, 0) is 19.1 Å². The van der Waals surface area contributed by atoms with Gasteiger partial charge in [0.2, 0.25) is 5.91 Å². The number of piperidine rings is 1. The monoisotopic (exact) mass is 269 g/mol. The van der Waals surface area contributed by atoms with Gasteiger partial charge in [0.1, 0.15) is 0 Å². The fraction of sp³-hybridized carbons (Fsp3) is 0.750. The second-order valence-electron chi connectivity index (χ2n) is 4.82. The third kappa shape index (κ3) is 2.56. The molecule has 0 aromatic rings. The first-order valence-corrected chi connectivity index (χ1v) is 6.56. The van der Waals surface area contributed by atoms with Crippen LogP contribution in [0.25, 0.3) is 0 Å². The molecule has 2 amide bonds. The van der Waals surface area contributed by atoms with E-state index in [1.807, 2.05) is 0 Å². The van der Waals surface area contributed by atoms with Crippen LogP contribution >= 0.6 is 0 Å². The molecule has 0 aromatic carbocycles. The second-order valence-corrected chi connectivity index (χ2v) is 4.82. The largest absolute Gasteiger partial charge is 0.464 e. The van der Waals surface area contributed by atoms with Crippen LogP contribution in [0.4, 0.5) is 0 Å². The van der Waals surface area contributed by atoms with Crippen LogP contribution in [0.1, 0.15) is 19.8 Å².